The molecule has 0 saturated heterocycles. The average molecular weight is 245 g/mol. The molecule has 1 aromatic carbocycles. The minimum absolute atomic E-state index is 0.305. The van der Waals surface area contributed by atoms with Gasteiger partial charge in [-0.2, -0.15) is 0 Å². The summed E-state index contributed by atoms with van der Waals surface area (Å²) in [6.45, 7) is 4.30. The van der Waals surface area contributed by atoms with Crippen LogP contribution in [-0.4, -0.2) is 23.3 Å². The molecule has 1 aliphatic heterocycles. The molecule has 3 N–H and O–H groups in total. The van der Waals surface area contributed by atoms with Crippen molar-refractivity contribution in [2.24, 2.45) is 5.73 Å². The molecular weight excluding hydrogens is 222 g/mol. The highest BCUT2D eigenvalue weighted by atomic mass is 15.2. The maximum atomic E-state index is 7.50. The summed E-state index contributed by atoms with van der Waals surface area (Å²) in [6, 6.07) is 9.13. The molecule has 1 unspecified atom stereocenters. The second-order valence-corrected chi connectivity index (χ2v) is 5.13. The number of benzene rings is 1. The molecule has 18 heavy (non-hydrogen) atoms. The number of nitrogens with zero attached hydrogens (tertiary/aromatic N) is 1. The summed E-state index contributed by atoms with van der Waals surface area (Å²) in [6.07, 6.45) is 4.12. The number of amidine groups is 1. The number of nitrogens with one attached hydrogen (secondary N) is 1. The standard InChI is InChI=1S/C15H23N3/c1-2-14(10-15(16)17)18-9-5-8-12-6-3-4-7-13(12)11-18/h3-4,6-7,14H,2,5,8-11H2,1H3,(H3,16,17). The molecule has 0 radical (unpaired) electrons. The molecule has 0 bridgehead atoms. The number of hydrogen-bond donors (Lipinski definition) is 2. The predicted molar refractivity (Wildman–Crippen MR) is 75.8 cm³/mol. The van der Waals surface area contributed by atoms with Gasteiger partial charge in [-0.1, -0.05) is 31.2 Å². The van der Waals surface area contributed by atoms with Crippen molar-refractivity contribution < 1.29 is 0 Å². The number of aryl methyl sites for hydroxylation is 1. The Kier molecular flexibility index (Phi) is 4.37. The van der Waals surface area contributed by atoms with Gasteiger partial charge < -0.3 is 5.73 Å². The molecule has 98 valence electrons. The number of nitrogens with two attached hydrogens (primary N) is 1. The molecule has 0 amide bonds. The second-order valence-electron chi connectivity index (χ2n) is 5.13. The van der Waals surface area contributed by atoms with Crippen molar-refractivity contribution >= 4 is 5.84 Å². The van der Waals surface area contributed by atoms with Crippen molar-refractivity contribution in [3.05, 3.63) is 35.4 Å². The van der Waals surface area contributed by atoms with Gasteiger partial charge in [0.05, 0.1) is 5.84 Å². The Morgan fingerprint density at radius 2 is 2.11 bits per heavy atom. The lowest BCUT2D eigenvalue weighted by Gasteiger charge is -2.29. The SMILES string of the molecule is CCC(CC(=N)N)N1CCCc2ccccc2C1. The van der Waals surface area contributed by atoms with Crippen LogP contribution in [0.5, 0.6) is 0 Å². The first kappa shape index (κ1) is 13.1. The summed E-state index contributed by atoms with van der Waals surface area (Å²) in [5.41, 5.74) is 8.49. The molecule has 1 aliphatic rings. The Morgan fingerprint density at radius 3 is 2.78 bits per heavy atom. The molecule has 0 spiro atoms. The highest BCUT2D eigenvalue weighted by Crippen LogP contribution is 2.22. The van der Waals surface area contributed by atoms with E-state index in [9.17, 15) is 0 Å². The van der Waals surface area contributed by atoms with E-state index in [1.54, 1.807) is 0 Å². The van der Waals surface area contributed by atoms with E-state index >= 15 is 0 Å². The van der Waals surface area contributed by atoms with Crippen LogP contribution < -0.4 is 5.73 Å². The lowest BCUT2D eigenvalue weighted by atomic mass is 10.0. The fraction of sp³-hybridized carbons (Fsp3) is 0.533. The van der Waals surface area contributed by atoms with E-state index in [4.69, 9.17) is 11.1 Å². The zero-order chi connectivity index (χ0) is 13.0. The van der Waals surface area contributed by atoms with Crippen molar-refractivity contribution in [2.45, 2.75) is 45.2 Å². The molecule has 1 atom stereocenters. The van der Waals surface area contributed by atoms with Gasteiger partial charge in [-0.25, -0.2) is 0 Å². The lowest BCUT2D eigenvalue weighted by Crippen LogP contribution is -2.37. The van der Waals surface area contributed by atoms with E-state index in [0.717, 1.165) is 19.5 Å². The first-order valence-corrected chi connectivity index (χ1v) is 6.84. The Morgan fingerprint density at radius 1 is 1.39 bits per heavy atom. The van der Waals surface area contributed by atoms with Crippen molar-refractivity contribution in [3.8, 4) is 0 Å². The highest BCUT2D eigenvalue weighted by Gasteiger charge is 2.21. The summed E-state index contributed by atoms with van der Waals surface area (Å²) in [7, 11) is 0. The van der Waals surface area contributed by atoms with E-state index in [1.165, 1.54) is 24.0 Å². The fourth-order valence-electron chi connectivity index (χ4n) is 2.82. The predicted octanol–water partition coefficient (Wildman–Crippen LogP) is 2.54. The summed E-state index contributed by atoms with van der Waals surface area (Å²) in [5.74, 6) is 0.305. The molecular formula is C15H23N3. The summed E-state index contributed by atoms with van der Waals surface area (Å²) in [5, 5.41) is 7.50. The molecule has 0 aromatic heterocycles. The van der Waals surface area contributed by atoms with Gasteiger partial charge in [0.2, 0.25) is 0 Å². The third-order valence-corrected chi connectivity index (χ3v) is 3.83. The Bertz CT molecular complexity index is 414. The summed E-state index contributed by atoms with van der Waals surface area (Å²) >= 11 is 0. The third-order valence-electron chi connectivity index (χ3n) is 3.83. The second kappa shape index (κ2) is 6.01. The van der Waals surface area contributed by atoms with Gasteiger partial charge in [-0.05, 0) is 36.9 Å². The monoisotopic (exact) mass is 245 g/mol. The number of fused-ring (bicyclic) bond motifs is 1. The summed E-state index contributed by atoms with van der Waals surface area (Å²) < 4.78 is 0. The number of rotatable bonds is 4. The van der Waals surface area contributed by atoms with Crippen LogP contribution in [0.15, 0.2) is 24.3 Å². The third kappa shape index (κ3) is 3.10. The van der Waals surface area contributed by atoms with Gasteiger partial charge >= 0.3 is 0 Å². The maximum Gasteiger partial charge on any atom is 0.0921 e. The minimum atomic E-state index is 0.305. The first-order chi connectivity index (χ1) is 8.70. The molecule has 0 fully saturated rings. The zero-order valence-corrected chi connectivity index (χ0v) is 11.2. The van der Waals surface area contributed by atoms with E-state index in [-0.39, 0.29) is 0 Å². The molecule has 1 aromatic rings. The van der Waals surface area contributed by atoms with E-state index in [0.29, 0.717) is 18.3 Å². The van der Waals surface area contributed by atoms with Crippen LogP contribution in [-0.2, 0) is 13.0 Å². The van der Waals surface area contributed by atoms with Crippen LogP contribution in [0.2, 0.25) is 0 Å². The largest absolute Gasteiger partial charge is 0.388 e. The van der Waals surface area contributed by atoms with Crippen molar-refractivity contribution in [3.63, 3.8) is 0 Å². The van der Waals surface area contributed by atoms with Crippen molar-refractivity contribution in [1.29, 1.82) is 5.41 Å². The van der Waals surface area contributed by atoms with Gasteiger partial charge in [0.25, 0.3) is 0 Å². The molecule has 0 saturated carbocycles. The fourth-order valence-corrected chi connectivity index (χ4v) is 2.82. The summed E-state index contributed by atoms with van der Waals surface area (Å²) in [4.78, 5) is 2.49. The molecule has 3 nitrogen and oxygen atoms in total. The molecule has 0 aliphatic carbocycles. The quantitative estimate of drug-likeness (QED) is 0.632. The van der Waals surface area contributed by atoms with Gasteiger partial charge in [0.1, 0.15) is 0 Å². The van der Waals surface area contributed by atoms with Gasteiger partial charge in [-0.15, -0.1) is 0 Å². The smallest absolute Gasteiger partial charge is 0.0921 e. The van der Waals surface area contributed by atoms with Crippen LogP contribution in [0.25, 0.3) is 0 Å². The first-order valence-electron chi connectivity index (χ1n) is 6.84. The molecule has 2 rings (SSSR count). The van der Waals surface area contributed by atoms with E-state index in [2.05, 4.69) is 36.1 Å². The van der Waals surface area contributed by atoms with Crippen LogP contribution in [0.3, 0.4) is 0 Å². The topological polar surface area (TPSA) is 53.1 Å². The van der Waals surface area contributed by atoms with Crippen LogP contribution >= 0.6 is 0 Å². The Balaban J connectivity index is 2.13. The van der Waals surface area contributed by atoms with Gasteiger partial charge in [-0.3, -0.25) is 10.3 Å². The van der Waals surface area contributed by atoms with E-state index < -0.39 is 0 Å². The Hall–Kier alpha value is -1.35. The van der Waals surface area contributed by atoms with E-state index in [1.807, 2.05) is 0 Å². The van der Waals surface area contributed by atoms with Crippen LogP contribution in [0.1, 0.15) is 37.3 Å². The highest BCUT2D eigenvalue weighted by molar-refractivity contribution is 5.77. The Labute approximate surface area is 109 Å². The minimum Gasteiger partial charge on any atom is -0.388 e. The normalized spacial score (nSPS) is 17.8. The molecule has 1 heterocycles. The number of hydrogen-bond acceptors (Lipinski definition) is 2. The average Bonchev–Trinajstić information content (AvgIpc) is 2.57. The van der Waals surface area contributed by atoms with Crippen LogP contribution in [0, 0.1) is 5.41 Å². The van der Waals surface area contributed by atoms with Gasteiger partial charge in [0, 0.05) is 19.0 Å². The lowest BCUT2D eigenvalue weighted by molar-refractivity contribution is 0.189. The van der Waals surface area contributed by atoms with Crippen LogP contribution in [0.4, 0.5) is 0 Å². The maximum absolute atomic E-state index is 7.50. The van der Waals surface area contributed by atoms with Crippen molar-refractivity contribution in [1.82, 2.24) is 4.90 Å². The van der Waals surface area contributed by atoms with Crippen molar-refractivity contribution in [2.75, 3.05) is 6.54 Å². The van der Waals surface area contributed by atoms with Gasteiger partial charge in [0.15, 0.2) is 0 Å². The molecule has 3 heteroatoms. The zero-order valence-electron chi connectivity index (χ0n) is 11.2.